The molecule has 37 heavy (non-hydrogen) atoms. The average molecular weight is 508 g/mol. The van der Waals surface area contributed by atoms with Gasteiger partial charge in [0.15, 0.2) is 5.88 Å². The van der Waals surface area contributed by atoms with Crippen LogP contribution in [0.4, 0.5) is 4.79 Å². The van der Waals surface area contributed by atoms with Gasteiger partial charge in [0.05, 0.1) is 25.4 Å². The number of hydrogen-bond acceptors (Lipinski definition) is 6. The highest BCUT2D eigenvalue weighted by Gasteiger charge is 2.35. The van der Waals surface area contributed by atoms with Crippen LogP contribution in [0, 0.1) is 6.92 Å². The number of piperidine rings is 1. The van der Waals surface area contributed by atoms with E-state index in [-0.39, 0.29) is 22.9 Å². The van der Waals surface area contributed by atoms with Crippen LogP contribution in [0.5, 0.6) is 5.88 Å². The van der Waals surface area contributed by atoms with E-state index in [0.717, 1.165) is 33.2 Å². The molecule has 1 aromatic carbocycles. The molecule has 1 saturated heterocycles. The van der Waals surface area contributed by atoms with Crippen LogP contribution in [0.15, 0.2) is 29.2 Å². The van der Waals surface area contributed by atoms with Crippen LogP contribution in [0.2, 0.25) is 0 Å². The summed E-state index contributed by atoms with van der Waals surface area (Å²) < 4.78 is 10.6. The molecule has 5 rings (SSSR count). The zero-order chi connectivity index (χ0) is 26.3. The van der Waals surface area contributed by atoms with Crippen molar-refractivity contribution in [1.29, 1.82) is 0 Å². The SMILES string of the molecule is COC(=O)[C@@H](Cc1cc(C)c2[nH]ncc2c1)NC(=O)N1CCC(c2cc3c([nH]c2=O)OCC3(C)C)CC1. The van der Waals surface area contributed by atoms with Gasteiger partial charge in [-0.05, 0) is 48.9 Å². The topological polar surface area (TPSA) is 129 Å². The third-order valence-corrected chi connectivity index (χ3v) is 7.59. The largest absolute Gasteiger partial charge is 0.478 e. The molecule has 3 aromatic rings. The monoisotopic (exact) mass is 507 g/mol. The van der Waals surface area contributed by atoms with Gasteiger partial charge in [-0.2, -0.15) is 5.10 Å². The Hall–Kier alpha value is -3.82. The Kier molecular flexibility index (Phi) is 6.43. The molecule has 2 aliphatic rings. The summed E-state index contributed by atoms with van der Waals surface area (Å²) in [6, 6.07) is 4.79. The molecule has 0 unspecified atom stereocenters. The van der Waals surface area contributed by atoms with E-state index in [0.29, 0.717) is 44.8 Å². The number of carbonyl (C=O) groups is 2. The standard InChI is InChI=1S/C27H33N5O5/c1-15-9-16(10-18-13-28-31-22(15)18)11-21(25(34)36-4)29-26(35)32-7-5-17(6-8-32)19-12-20-24(30-23(19)33)37-14-27(20,2)3/h9-10,12-13,17,21H,5-8,11,14H2,1-4H3,(H,28,31)(H,29,35)(H,30,33)/t21-/m1/s1. The third kappa shape index (κ3) is 4.80. The number of hydrogen-bond donors (Lipinski definition) is 3. The first kappa shape index (κ1) is 24.9. The number of methoxy groups -OCH3 is 1. The third-order valence-electron chi connectivity index (χ3n) is 7.59. The summed E-state index contributed by atoms with van der Waals surface area (Å²) in [6.07, 6.45) is 3.37. The molecule has 10 heteroatoms. The summed E-state index contributed by atoms with van der Waals surface area (Å²) in [7, 11) is 1.32. The molecule has 0 bridgehead atoms. The lowest BCUT2D eigenvalue weighted by Gasteiger charge is -2.33. The fourth-order valence-corrected chi connectivity index (χ4v) is 5.41. The van der Waals surface area contributed by atoms with Crippen molar-refractivity contribution in [3.63, 3.8) is 0 Å². The normalized spacial score (nSPS) is 17.8. The molecule has 0 aliphatic carbocycles. The lowest BCUT2D eigenvalue weighted by Crippen LogP contribution is -2.51. The van der Waals surface area contributed by atoms with Crippen molar-refractivity contribution >= 4 is 22.9 Å². The molecule has 0 saturated carbocycles. The molecule has 10 nitrogen and oxygen atoms in total. The number of nitrogens with zero attached hydrogens (tertiary/aromatic N) is 2. The summed E-state index contributed by atoms with van der Waals surface area (Å²) in [6.45, 7) is 7.68. The number of urea groups is 1. The minimum absolute atomic E-state index is 0.0515. The van der Waals surface area contributed by atoms with E-state index in [9.17, 15) is 14.4 Å². The molecule has 0 radical (unpaired) electrons. The minimum atomic E-state index is -0.819. The highest BCUT2D eigenvalue weighted by molar-refractivity contribution is 5.85. The van der Waals surface area contributed by atoms with E-state index in [1.54, 1.807) is 11.1 Å². The molecule has 2 aromatic heterocycles. The molecule has 1 fully saturated rings. The molecule has 2 amide bonds. The van der Waals surface area contributed by atoms with Gasteiger partial charge in [0.2, 0.25) is 0 Å². The maximum atomic E-state index is 13.1. The van der Waals surface area contributed by atoms with Crippen LogP contribution in [-0.2, 0) is 21.4 Å². The van der Waals surface area contributed by atoms with Gasteiger partial charge in [0, 0.05) is 41.4 Å². The maximum absolute atomic E-state index is 13.1. The number of esters is 1. The Morgan fingerprint density at radius 2 is 2.03 bits per heavy atom. The fraction of sp³-hybridized carbons (Fsp3) is 0.481. The number of pyridine rings is 1. The van der Waals surface area contributed by atoms with Gasteiger partial charge in [-0.1, -0.05) is 19.9 Å². The predicted octanol–water partition coefficient (Wildman–Crippen LogP) is 2.90. The van der Waals surface area contributed by atoms with Crippen molar-refractivity contribution in [1.82, 2.24) is 25.4 Å². The number of H-pyrrole nitrogens is 2. The summed E-state index contributed by atoms with van der Waals surface area (Å²) in [5.41, 5.74) is 4.35. The molecular formula is C27H33N5O5. The first-order valence-corrected chi connectivity index (χ1v) is 12.6. The first-order chi connectivity index (χ1) is 17.7. The van der Waals surface area contributed by atoms with Crippen LogP contribution < -0.4 is 15.6 Å². The number of aromatic nitrogens is 3. The van der Waals surface area contributed by atoms with Crippen molar-refractivity contribution < 1.29 is 19.1 Å². The highest BCUT2D eigenvalue weighted by atomic mass is 16.5. The predicted molar refractivity (Wildman–Crippen MR) is 138 cm³/mol. The molecule has 1 atom stereocenters. The van der Waals surface area contributed by atoms with Crippen LogP contribution in [0.25, 0.3) is 10.9 Å². The van der Waals surface area contributed by atoms with Gasteiger partial charge in [-0.15, -0.1) is 0 Å². The number of carbonyl (C=O) groups excluding carboxylic acids is 2. The van der Waals surface area contributed by atoms with E-state index >= 15 is 0 Å². The van der Waals surface area contributed by atoms with Crippen molar-refractivity contribution in [2.45, 2.75) is 57.4 Å². The summed E-state index contributed by atoms with van der Waals surface area (Å²) in [5, 5.41) is 10.9. The van der Waals surface area contributed by atoms with Crippen molar-refractivity contribution in [3.05, 3.63) is 57.0 Å². The maximum Gasteiger partial charge on any atom is 0.328 e. The van der Waals surface area contributed by atoms with E-state index < -0.39 is 12.0 Å². The van der Waals surface area contributed by atoms with E-state index in [1.165, 1.54) is 7.11 Å². The van der Waals surface area contributed by atoms with E-state index in [2.05, 4.69) is 34.3 Å². The first-order valence-electron chi connectivity index (χ1n) is 12.6. The molecule has 2 aliphatic heterocycles. The number of ether oxygens (including phenoxy) is 2. The lowest BCUT2D eigenvalue weighted by atomic mass is 9.84. The fourth-order valence-electron chi connectivity index (χ4n) is 5.41. The zero-order valence-corrected chi connectivity index (χ0v) is 21.6. The number of aromatic amines is 2. The van der Waals surface area contributed by atoms with Crippen LogP contribution in [0.3, 0.4) is 0 Å². The summed E-state index contributed by atoms with van der Waals surface area (Å²) in [4.78, 5) is 43.0. The van der Waals surface area contributed by atoms with Gasteiger partial charge in [0.25, 0.3) is 5.56 Å². The smallest absolute Gasteiger partial charge is 0.328 e. The van der Waals surface area contributed by atoms with E-state index in [1.807, 2.05) is 25.1 Å². The second-order valence-corrected chi connectivity index (χ2v) is 10.7. The Labute approximate surface area is 214 Å². The number of likely N-dealkylation sites (tertiary alicyclic amines) is 1. The van der Waals surface area contributed by atoms with Gasteiger partial charge in [0.1, 0.15) is 6.04 Å². The second-order valence-electron chi connectivity index (χ2n) is 10.7. The van der Waals surface area contributed by atoms with Gasteiger partial charge >= 0.3 is 12.0 Å². The number of aryl methyl sites for hydroxylation is 1. The minimum Gasteiger partial charge on any atom is -0.478 e. The van der Waals surface area contributed by atoms with Crippen LogP contribution in [-0.4, -0.2) is 64.9 Å². The second kappa shape index (κ2) is 9.57. The Bertz CT molecular complexity index is 1400. The van der Waals surface area contributed by atoms with Crippen molar-refractivity contribution in [3.8, 4) is 5.88 Å². The molecule has 3 N–H and O–H groups in total. The molecule has 4 heterocycles. The average Bonchev–Trinajstić information content (AvgIpc) is 3.47. The van der Waals surface area contributed by atoms with Gasteiger partial charge in [-0.25, -0.2) is 9.59 Å². The zero-order valence-electron chi connectivity index (χ0n) is 21.6. The number of nitrogens with one attached hydrogen (secondary N) is 3. The Morgan fingerprint density at radius 3 is 2.76 bits per heavy atom. The summed E-state index contributed by atoms with van der Waals surface area (Å²) >= 11 is 0. The number of amides is 2. The van der Waals surface area contributed by atoms with Crippen molar-refractivity contribution in [2.24, 2.45) is 0 Å². The molecule has 0 spiro atoms. The quantitative estimate of drug-likeness (QED) is 0.456. The Balaban J connectivity index is 1.25. The molecule has 196 valence electrons. The number of fused-ring (bicyclic) bond motifs is 2. The van der Waals surface area contributed by atoms with Crippen LogP contribution in [0.1, 0.15) is 54.9 Å². The summed E-state index contributed by atoms with van der Waals surface area (Å²) in [5.74, 6) is 0.116. The Morgan fingerprint density at radius 1 is 1.27 bits per heavy atom. The lowest BCUT2D eigenvalue weighted by molar-refractivity contribution is -0.142. The van der Waals surface area contributed by atoms with Gasteiger partial charge in [-0.3, -0.25) is 14.9 Å². The van der Waals surface area contributed by atoms with E-state index in [4.69, 9.17) is 9.47 Å². The van der Waals surface area contributed by atoms with Crippen molar-refractivity contribution in [2.75, 3.05) is 26.8 Å². The highest BCUT2D eigenvalue weighted by Crippen LogP contribution is 2.38. The number of benzene rings is 1. The molecular weight excluding hydrogens is 474 g/mol. The van der Waals surface area contributed by atoms with Gasteiger partial charge < -0.3 is 19.7 Å². The van der Waals surface area contributed by atoms with Crippen LogP contribution >= 0.6 is 0 Å². The number of rotatable bonds is 5.